The molecule has 0 bridgehead atoms. The Bertz CT molecular complexity index is 1120. The van der Waals surface area contributed by atoms with Gasteiger partial charge in [-0.2, -0.15) is 0 Å². The average Bonchev–Trinajstić information content (AvgIpc) is 3.25. The third-order valence-corrected chi connectivity index (χ3v) is 4.53. The first-order chi connectivity index (χ1) is 13.4. The number of benzene rings is 1. The van der Waals surface area contributed by atoms with Crippen molar-refractivity contribution in [2.75, 3.05) is 0 Å². The van der Waals surface area contributed by atoms with Gasteiger partial charge in [0.2, 0.25) is 0 Å². The molecular weight excluding hydrogens is 369 g/mol. The smallest absolute Gasteiger partial charge is 0.256 e. The number of aromatic nitrogens is 4. The molecule has 1 N–H and O–H groups in total. The van der Waals surface area contributed by atoms with Gasteiger partial charge >= 0.3 is 0 Å². The third kappa shape index (κ3) is 3.27. The Morgan fingerprint density at radius 1 is 1.04 bits per heavy atom. The zero-order chi connectivity index (χ0) is 19.8. The van der Waals surface area contributed by atoms with E-state index in [0.717, 1.165) is 0 Å². The van der Waals surface area contributed by atoms with Crippen molar-refractivity contribution in [3.8, 4) is 22.5 Å². The van der Waals surface area contributed by atoms with Crippen molar-refractivity contribution in [1.82, 2.24) is 18.9 Å². The molecule has 0 spiro atoms. The Labute approximate surface area is 158 Å². The molecule has 144 valence electrons. The second kappa shape index (κ2) is 7.12. The van der Waals surface area contributed by atoms with Crippen LogP contribution in [-0.2, 0) is 6.54 Å². The summed E-state index contributed by atoms with van der Waals surface area (Å²) in [6.45, 7) is 1.11. The van der Waals surface area contributed by atoms with E-state index in [4.69, 9.17) is 0 Å². The van der Waals surface area contributed by atoms with Crippen LogP contribution in [0.3, 0.4) is 0 Å². The number of nitrogens with zero attached hydrogens (tertiary/aromatic N) is 4. The lowest BCUT2D eigenvalue weighted by Crippen LogP contribution is -2.07. The van der Waals surface area contributed by atoms with Crippen molar-refractivity contribution in [2.24, 2.45) is 0 Å². The summed E-state index contributed by atoms with van der Waals surface area (Å²) in [6.07, 6.45) is 1.36. The summed E-state index contributed by atoms with van der Waals surface area (Å²) in [5.74, 6) is -0.390. The molecule has 1 atom stereocenters. The van der Waals surface area contributed by atoms with Gasteiger partial charge in [-0.1, -0.05) is 0 Å². The highest BCUT2D eigenvalue weighted by Gasteiger charge is 2.19. The lowest BCUT2D eigenvalue weighted by atomic mass is 10.1. The van der Waals surface area contributed by atoms with E-state index in [2.05, 4.69) is 9.97 Å². The fraction of sp³-hybridized carbons (Fsp3) is 0.200. The molecule has 5 nitrogen and oxygen atoms in total. The maximum atomic E-state index is 13.3. The molecule has 28 heavy (non-hydrogen) atoms. The first-order valence-electron chi connectivity index (χ1n) is 8.68. The van der Waals surface area contributed by atoms with Crippen molar-refractivity contribution in [3.05, 3.63) is 66.6 Å². The molecule has 3 heterocycles. The highest BCUT2D eigenvalue weighted by molar-refractivity contribution is 5.79. The van der Waals surface area contributed by atoms with Gasteiger partial charge in [-0.3, -0.25) is 0 Å². The topological polar surface area (TPSA) is 55.4 Å². The van der Waals surface area contributed by atoms with Crippen molar-refractivity contribution >= 4 is 5.65 Å². The number of fused-ring (bicyclic) bond motifs is 1. The van der Waals surface area contributed by atoms with E-state index in [-0.39, 0.29) is 0 Å². The summed E-state index contributed by atoms with van der Waals surface area (Å²) in [6, 6.07) is 9.23. The van der Waals surface area contributed by atoms with Crippen LogP contribution in [0.25, 0.3) is 28.2 Å². The Kier molecular flexibility index (Phi) is 4.64. The Morgan fingerprint density at radius 3 is 2.43 bits per heavy atom. The van der Waals surface area contributed by atoms with Gasteiger partial charge < -0.3 is 14.1 Å². The van der Waals surface area contributed by atoms with Gasteiger partial charge in [0.05, 0.1) is 42.3 Å². The minimum atomic E-state index is -2.56. The quantitative estimate of drug-likeness (QED) is 0.556. The van der Waals surface area contributed by atoms with Crippen LogP contribution in [0.5, 0.6) is 0 Å². The SMILES string of the molecule is CC(O)c1cnc2ccc(-c3c(-c4ccc(F)cc4)ncn3CC(F)F)cn12. The van der Waals surface area contributed by atoms with Gasteiger partial charge in [-0.25, -0.2) is 23.1 Å². The third-order valence-electron chi connectivity index (χ3n) is 4.53. The lowest BCUT2D eigenvalue weighted by molar-refractivity contribution is 0.127. The number of aliphatic hydroxyl groups excluding tert-OH is 1. The van der Waals surface area contributed by atoms with Crippen LogP contribution in [0.15, 0.2) is 55.1 Å². The predicted octanol–water partition coefficient (Wildman–Crippen LogP) is 4.32. The normalized spacial score (nSPS) is 12.8. The molecule has 0 aliphatic rings. The van der Waals surface area contributed by atoms with Gasteiger partial charge in [-0.15, -0.1) is 0 Å². The monoisotopic (exact) mass is 386 g/mol. The number of alkyl halides is 2. The van der Waals surface area contributed by atoms with E-state index >= 15 is 0 Å². The predicted molar refractivity (Wildman–Crippen MR) is 98.4 cm³/mol. The van der Waals surface area contributed by atoms with E-state index in [1.165, 1.54) is 23.0 Å². The number of hydrogen-bond donors (Lipinski definition) is 1. The minimum Gasteiger partial charge on any atom is -0.387 e. The standard InChI is InChI=1S/C20H17F3N4O/c1-12(28)16-8-24-18-7-4-14(9-27(16)18)20-19(13-2-5-15(21)6-3-13)25-11-26(20)10-17(22)23/h2-9,11-12,17,28H,10H2,1H3. The summed E-state index contributed by atoms with van der Waals surface area (Å²) >= 11 is 0. The molecule has 1 aromatic carbocycles. The summed E-state index contributed by atoms with van der Waals surface area (Å²) in [5, 5.41) is 9.95. The van der Waals surface area contributed by atoms with Gasteiger partial charge in [0.25, 0.3) is 6.43 Å². The van der Waals surface area contributed by atoms with Gasteiger partial charge in [0.1, 0.15) is 11.5 Å². The van der Waals surface area contributed by atoms with Crippen LogP contribution in [0.4, 0.5) is 13.2 Å². The summed E-state index contributed by atoms with van der Waals surface area (Å²) in [7, 11) is 0. The molecule has 3 aromatic heterocycles. The van der Waals surface area contributed by atoms with E-state index in [1.807, 2.05) is 0 Å². The van der Waals surface area contributed by atoms with Crippen LogP contribution in [0, 0.1) is 5.82 Å². The largest absolute Gasteiger partial charge is 0.387 e. The molecule has 0 aliphatic carbocycles. The van der Waals surface area contributed by atoms with Crippen molar-refractivity contribution in [2.45, 2.75) is 26.0 Å². The fourth-order valence-corrected chi connectivity index (χ4v) is 3.24. The van der Waals surface area contributed by atoms with Gasteiger partial charge in [-0.05, 0) is 43.3 Å². The Hall–Kier alpha value is -3.13. The molecular formula is C20H17F3N4O. The first-order valence-corrected chi connectivity index (χ1v) is 8.68. The number of rotatable bonds is 5. The minimum absolute atomic E-state index is 0.390. The molecule has 0 amide bonds. The summed E-state index contributed by atoms with van der Waals surface area (Å²) in [4.78, 5) is 8.55. The molecule has 0 aliphatic heterocycles. The Balaban J connectivity index is 1.92. The fourth-order valence-electron chi connectivity index (χ4n) is 3.24. The molecule has 0 radical (unpaired) electrons. The highest BCUT2D eigenvalue weighted by atomic mass is 19.3. The average molecular weight is 386 g/mol. The molecule has 4 rings (SSSR count). The number of aliphatic hydroxyl groups is 1. The van der Waals surface area contributed by atoms with E-state index in [1.54, 1.807) is 48.0 Å². The van der Waals surface area contributed by atoms with Crippen LogP contribution in [0.1, 0.15) is 18.7 Å². The number of imidazole rings is 2. The highest BCUT2D eigenvalue weighted by Crippen LogP contribution is 2.32. The molecule has 0 fully saturated rings. The van der Waals surface area contributed by atoms with E-state index in [0.29, 0.717) is 33.9 Å². The van der Waals surface area contributed by atoms with Crippen LogP contribution >= 0.6 is 0 Å². The number of pyridine rings is 1. The van der Waals surface area contributed by atoms with E-state index in [9.17, 15) is 18.3 Å². The number of halogens is 3. The van der Waals surface area contributed by atoms with Gasteiger partial charge in [0.15, 0.2) is 0 Å². The molecule has 0 saturated heterocycles. The first kappa shape index (κ1) is 18.2. The zero-order valence-electron chi connectivity index (χ0n) is 14.9. The van der Waals surface area contributed by atoms with Gasteiger partial charge in [0, 0.05) is 17.3 Å². The second-order valence-corrected chi connectivity index (χ2v) is 6.50. The summed E-state index contributed by atoms with van der Waals surface area (Å²) < 4.78 is 42.6. The lowest BCUT2D eigenvalue weighted by Gasteiger charge is -2.12. The maximum absolute atomic E-state index is 13.3. The van der Waals surface area contributed by atoms with Crippen LogP contribution in [-0.4, -0.2) is 30.5 Å². The molecule has 8 heteroatoms. The molecule has 0 saturated carbocycles. The Morgan fingerprint density at radius 2 is 1.75 bits per heavy atom. The van der Waals surface area contributed by atoms with Crippen molar-refractivity contribution < 1.29 is 18.3 Å². The van der Waals surface area contributed by atoms with E-state index < -0.39 is 24.9 Å². The van der Waals surface area contributed by atoms with Crippen LogP contribution in [0.2, 0.25) is 0 Å². The maximum Gasteiger partial charge on any atom is 0.256 e. The molecule has 1 unspecified atom stereocenters. The zero-order valence-corrected chi connectivity index (χ0v) is 14.9. The van der Waals surface area contributed by atoms with Crippen LogP contribution < -0.4 is 0 Å². The summed E-state index contributed by atoms with van der Waals surface area (Å²) in [5.41, 5.74) is 3.41. The second-order valence-electron chi connectivity index (χ2n) is 6.50. The van der Waals surface area contributed by atoms with Crippen molar-refractivity contribution in [1.29, 1.82) is 0 Å². The number of hydrogen-bond acceptors (Lipinski definition) is 3. The molecule has 4 aromatic rings. The van der Waals surface area contributed by atoms with Crippen molar-refractivity contribution in [3.63, 3.8) is 0 Å².